The molecule has 6 N–H and O–H groups in total. The van der Waals surface area contributed by atoms with E-state index < -0.39 is 0 Å². The number of ether oxygens (including phenoxy) is 1. The van der Waals surface area contributed by atoms with Crippen LogP contribution < -0.4 is 16.8 Å². The fraction of sp³-hybridized carbons (Fsp3) is 0.250. The van der Waals surface area contributed by atoms with Crippen molar-refractivity contribution in [2.24, 2.45) is 11.5 Å². The number of para-hydroxylation sites is 1. The summed E-state index contributed by atoms with van der Waals surface area (Å²) < 4.78 is 18.6. The Morgan fingerprint density at radius 2 is 1.93 bits per heavy atom. The number of hydrogen-bond donors (Lipinski definition) is 4. The number of amides is 1. The molecule has 0 saturated carbocycles. The SMILES string of the molecule is NCCOC[C@H](N)CNC(=O)c1[nH]c2ccccc2c1-c1ccc(F)cc1. The van der Waals surface area contributed by atoms with Gasteiger partial charge in [0.2, 0.25) is 0 Å². The highest BCUT2D eigenvalue weighted by molar-refractivity contribution is 6.09. The third-order valence-corrected chi connectivity index (χ3v) is 4.18. The summed E-state index contributed by atoms with van der Waals surface area (Å²) in [6.45, 7) is 1.43. The second-order valence-electron chi connectivity index (χ2n) is 6.26. The Labute approximate surface area is 156 Å². The molecule has 0 bridgehead atoms. The molecule has 0 radical (unpaired) electrons. The number of halogens is 1. The van der Waals surface area contributed by atoms with Gasteiger partial charge in [0.1, 0.15) is 11.5 Å². The van der Waals surface area contributed by atoms with Crippen LogP contribution in [0.4, 0.5) is 4.39 Å². The Bertz CT molecular complexity index is 908. The smallest absolute Gasteiger partial charge is 0.268 e. The lowest BCUT2D eigenvalue weighted by Gasteiger charge is -2.13. The second kappa shape index (κ2) is 8.77. The second-order valence-corrected chi connectivity index (χ2v) is 6.26. The molecule has 142 valence electrons. The van der Waals surface area contributed by atoms with Gasteiger partial charge in [-0.05, 0) is 23.8 Å². The molecule has 0 saturated heterocycles. The number of carbonyl (C=O) groups excluding carboxylic acids is 1. The van der Waals surface area contributed by atoms with Gasteiger partial charge in [0.05, 0.1) is 13.2 Å². The Kier molecular flexibility index (Phi) is 6.18. The van der Waals surface area contributed by atoms with Gasteiger partial charge in [-0.3, -0.25) is 4.79 Å². The number of carbonyl (C=O) groups is 1. The molecule has 27 heavy (non-hydrogen) atoms. The van der Waals surface area contributed by atoms with Gasteiger partial charge in [0.15, 0.2) is 0 Å². The van der Waals surface area contributed by atoms with E-state index in [0.717, 1.165) is 22.0 Å². The highest BCUT2D eigenvalue weighted by atomic mass is 19.1. The van der Waals surface area contributed by atoms with E-state index in [2.05, 4.69) is 10.3 Å². The summed E-state index contributed by atoms with van der Waals surface area (Å²) >= 11 is 0. The summed E-state index contributed by atoms with van der Waals surface area (Å²) in [7, 11) is 0. The molecule has 0 aliphatic heterocycles. The Morgan fingerprint density at radius 1 is 1.19 bits per heavy atom. The highest BCUT2D eigenvalue weighted by Gasteiger charge is 2.19. The first-order valence-electron chi connectivity index (χ1n) is 8.78. The lowest BCUT2D eigenvalue weighted by Crippen LogP contribution is -2.40. The van der Waals surface area contributed by atoms with Gasteiger partial charge in [-0.2, -0.15) is 0 Å². The number of benzene rings is 2. The van der Waals surface area contributed by atoms with Crippen LogP contribution in [0.15, 0.2) is 48.5 Å². The van der Waals surface area contributed by atoms with Gasteiger partial charge in [0, 0.05) is 35.6 Å². The average molecular weight is 370 g/mol. The van der Waals surface area contributed by atoms with Crippen molar-refractivity contribution < 1.29 is 13.9 Å². The van der Waals surface area contributed by atoms with Crippen molar-refractivity contribution in [1.29, 1.82) is 0 Å². The quantitative estimate of drug-likeness (QED) is 0.455. The Balaban J connectivity index is 1.84. The molecular weight excluding hydrogens is 347 g/mol. The predicted octanol–water partition coefficient (Wildman–Crippen LogP) is 2.01. The van der Waals surface area contributed by atoms with Crippen molar-refractivity contribution in [3.8, 4) is 11.1 Å². The highest BCUT2D eigenvalue weighted by Crippen LogP contribution is 2.32. The minimum absolute atomic E-state index is 0.266. The molecule has 0 spiro atoms. The van der Waals surface area contributed by atoms with Crippen LogP contribution in [-0.2, 0) is 4.74 Å². The van der Waals surface area contributed by atoms with Crippen LogP contribution in [-0.4, -0.2) is 43.2 Å². The van der Waals surface area contributed by atoms with E-state index in [1.165, 1.54) is 12.1 Å². The van der Waals surface area contributed by atoms with Crippen LogP contribution in [0.2, 0.25) is 0 Å². The van der Waals surface area contributed by atoms with Crippen molar-refractivity contribution >= 4 is 16.8 Å². The molecule has 0 aliphatic carbocycles. The van der Waals surface area contributed by atoms with Crippen LogP contribution in [0, 0.1) is 5.82 Å². The van der Waals surface area contributed by atoms with Crippen LogP contribution in [0.5, 0.6) is 0 Å². The van der Waals surface area contributed by atoms with Crippen molar-refractivity contribution in [2.45, 2.75) is 6.04 Å². The Morgan fingerprint density at radius 3 is 2.67 bits per heavy atom. The average Bonchev–Trinajstić information content (AvgIpc) is 3.06. The van der Waals surface area contributed by atoms with E-state index in [1.54, 1.807) is 12.1 Å². The fourth-order valence-corrected chi connectivity index (χ4v) is 2.92. The van der Waals surface area contributed by atoms with Crippen molar-refractivity contribution in [1.82, 2.24) is 10.3 Å². The maximum absolute atomic E-state index is 13.3. The fourth-order valence-electron chi connectivity index (χ4n) is 2.92. The molecule has 3 aromatic rings. The van der Waals surface area contributed by atoms with Crippen molar-refractivity contribution in [2.75, 3.05) is 26.3 Å². The zero-order valence-corrected chi connectivity index (χ0v) is 14.9. The molecule has 0 unspecified atom stereocenters. The first kappa shape index (κ1) is 19.0. The molecule has 1 heterocycles. The summed E-state index contributed by atoms with van der Waals surface area (Å²) in [5.41, 5.74) is 14.1. The lowest BCUT2D eigenvalue weighted by molar-refractivity contribution is 0.0929. The molecule has 6 nitrogen and oxygen atoms in total. The van der Waals surface area contributed by atoms with E-state index >= 15 is 0 Å². The molecule has 1 atom stereocenters. The molecule has 3 rings (SSSR count). The number of aromatic amines is 1. The molecule has 2 aromatic carbocycles. The number of nitrogens with two attached hydrogens (primary N) is 2. The van der Waals surface area contributed by atoms with E-state index in [1.807, 2.05) is 24.3 Å². The van der Waals surface area contributed by atoms with Crippen LogP contribution >= 0.6 is 0 Å². The number of fused-ring (bicyclic) bond motifs is 1. The first-order valence-corrected chi connectivity index (χ1v) is 8.78. The Hall–Kier alpha value is -2.74. The third-order valence-electron chi connectivity index (χ3n) is 4.18. The van der Waals surface area contributed by atoms with Gasteiger partial charge in [-0.25, -0.2) is 4.39 Å². The number of hydrogen-bond acceptors (Lipinski definition) is 4. The number of nitrogens with one attached hydrogen (secondary N) is 2. The monoisotopic (exact) mass is 370 g/mol. The predicted molar refractivity (Wildman–Crippen MR) is 104 cm³/mol. The number of rotatable bonds is 8. The third kappa shape index (κ3) is 4.51. The van der Waals surface area contributed by atoms with E-state index in [9.17, 15) is 9.18 Å². The molecule has 1 aromatic heterocycles. The standard InChI is InChI=1S/C20H23FN4O2/c21-14-7-5-13(6-8-14)18-16-3-1-2-4-17(16)25-19(18)20(26)24-11-15(23)12-27-10-9-22/h1-8,15,25H,9-12,22-23H2,(H,24,26)/t15-/m1/s1. The summed E-state index contributed by atoms with van der Waals surface area (Å²) in [6.07, 6.45) is 0. The van der Waals surface area contributed by atoms with Gasteiger partial charge < -0.3 is 26.5 Å². The summed E-state index contributed by atoms with van der Waals surface area (Å²) in [5, 5.41) is 3.72. The van der Waals surface area contributed by atoms with E-state index in [4.69, 9.17) is 16.2 Å². The zero-order valence-electron chi connectivity index (χ0n) is 14.9. The van der Waals surface area contributed by atoms with Gasteiger partial charge >= 0.3 is 0 Å². The number of H-pyrrole nitrogens is 1. The summed E-state index contributed by atoms with van der Waals surface area (Å²) in [4.78, 5) is 15.9. The summed E-state index contributed by atoms with van der Waals surface area (Å²) in [5.74, 6) is -0.604. The van der Waals surface area contributed by atoms with Crippen LogP contribution in [0.3, 0.4) is 0 Å². The van der Waals surface area contributed by atoms with Crippen molar-refractivity contribution in [3.05, 3.63) is 60.0 Å². The minimum atomic E-state index is -0.334. The van der Waals surface area contributed by atoms with Crippen LogP contribution in [0.25, 0.3) is 22.0 Å². The minimum Gasteiger partial charge on any atom is -0.378 e. The summed E-state index contributed by atoms with van der Waals surface area (Å²) in [6, 6.07) is 13.4. The van der Waals surface area contributed by atoms with Gasteiger partial charge in [-0.15, -0.1) is 0 Å². The number of aromatic nitrogens is 1. The van der Waals surface area contributed by atoms with E-state index in [0.29, 0.717) is 25.5 Å². The largest absolute Gasteiger partial charge is 0.378 e. The normalized spacial score (nSPS) is 12.3. The maximum Gasteiger partial charge on any atom is 0.268 e. The van der Waals surface area contributed by atoms with Gasteiger partial charge in [-0.1, -0.05) is 30.3 Å². The maximum atomic E-state index is 13.3. The van der Waals surface area contributed by atoms with Gasteiger partial charge in [0.25, 0.3) is 5.91 Å². The molecule has 1 amide bonds. The molecular formula is C20H23FN4O2. The first-order chi connectivity index (χ1) is 13.1. The lowest BCUT2D eigenvalue weighted by atomic mass is 10.0. The van der Waals surface area contributed by atoms with Crippen LogP contribution in [0.1, 0.15) is 10.5 Å². The zero-order chi connectivity index (χ0) is 19.2. The molecule has 0 fully saturated rings. The molecule has 0 aliphatic rings. The van der Waals surface area contributed by atoms with E-state index in [-0.39, 0.29) is 24.3 Å². The van der Waals surface area contributed by atoms with Crippen molar-refractivity contribution in [3.63, 3.8) is 0 Å². The topological polar surface area (TPSA) is 106 Å². The molecule has 7 heteroatoms.